The molecule has 0 spiro atoms. The van der Waals surface area contributed by atoms with E-state index in [4.69, 9.17) is 9.26 Å². The van der Waals surface area contributed by atoms with Gasteiger partial charge >= 0.3 is 0 Å². The van der Waals surface area contributed by atoms with Crippen LogP contribution < -0.4 is 4.74 Å². The summed E-state index contributed by atoms with van der Waals surface area (Å²) in [5, 5.41) is 13.4. The predicted molar refractivity (Wildman–Crippen MR) is 96.0 cm³/mol. The molecule has 4 rings (SSSR count). The summed E-state index contributed by atoms with van der Waals surface area (Å²) in [7, 11) is 0. The highest BCUT2D eigenvalue weighted by molar-refractivity contribution is 6.01. The first-order valence-electron chi connectivity index (χ1n) is 8.60. The first-order chi connectivity index (χ1) is 13.1. The van der Waals surface area contributed by atoms with Crippen molar-refractivity contribution in [1.82, 2.24) is 10.1 Å². The van der Waals surface area contributed by atoms with Crippen LogP contribution in [0.5, 0.6) is 5.75 Å². The highest BCUT2D eigenvalue weighted by Gasteiger charge is 2.25. The highest BCUT2D eigenvalue weighted by atomic mass is 16.5. The van der Waals surface area contributed by atoms with E-state index in [1.807, 2.05) is 13.8 Å². The van der Waals surface area contributed by atoms with E-state index in [1.54, 1.807) is 24.3 Å². The van der Waals surface area contributed by atoms with E-state index in [1.165, 1.54) is 0 Å². The maximum atomic E-state index is 11.9. The van der Waals surface area contributed by atoms with Gasteiger partial charge in [0.2, 0.25) is 5.82 Å². The van der Waals surface area contributed by atoms with E-state index < -0.39 is 0 Å². The van der Waals surface area contributed by atoms with Crippen molar-refractivity contribution in [2.75, 3.05) is 0 Å². The number of carbonyl (C=O) groups is 1. The molecular weight excluding hydrogens is 342 g/mol. The van der Waals surface area contributed by atoms with E-state index in [9.17, 15) is 10.1 Å². The molecule has 0 atom stereocenters. The Balaban J connectivity index is 1.70. The minimum atomic E-state index is -0.0334. The number of nitriles is 1. The van der Waals surface area contributed by atoms with Crippen molar-refractivity contribution in [3.8, 4) is 34.7 Å². The topological polar surface area (TPSA) is 89.0 Å². The Kier molecular flexibility index (Phi) is 4.10. The predicted octanol–water partition coefficient (Wildman–Crippen LogP) is 3.79. The smallest absolute Gasteiger partial charge is 0.258 e. The van der Waals surface area contributed by atoms with Crippen molar-refractivity contribution in [3.63, 3.8) is 0 Å². The second kappa shape index (κ2) is 6.59. The SMILES string of the molecule is CC(C)Oc1ccc(-c2nc(-c3cc#cc4c3CCC4=O)no2)cc1C#N. The Labute approximate surface area is 156 Å². The lowest BCUT2D eigenvalue weighted by Gasteiger charge is -2.11. The lowest BCUT2D eigenvalue weighted by molar-refractivity contribution is 0.0994. The molecule has 0 saturated carbocycles. The minimum Gasteiger partial charge on any atom is -0.490 e. The average molecular weight is 357 g/mol. The largest absolute Gasteiger partial charge is 0.490 e. The lowest BCUT2D eigenvalue weighted by Crippen LogP contribution is -2.06. The molecule has 27 heavy (non-hydrogen) atoms. The van der Waals surface area contributed by atoms with Crippen molar-refractivity contribution >= 4 is 5.78 Å². The summed E-state index contributed by atoms with van der Waals surface area (Å²) in [5.74, 6) is 1.26. The van der Waals surface area contributed by atoms with Gasteiger partial charge in [0.25, 0.3) is 5.89 Å². The van der Waals surface area contributed by atoms with Gasteiger partial charge in [-0.05, 0) is 50.1 Å². The normalized spacial score (nSPS) is 12.6. The summed E-state index contributed by atoms with van der Waals surface area (Å²) in [6.45, 7) is 3.80. The van der Waals surface area contributed by atoms with Gasteiger partial charge in [-0.25, -0.2) is 0 Å². The molecule has 3 aromatic rings. The Hall–Kier alpha value is -3.64. The number of fused-ring (bicyclic) bond motifs is 1. The van der Waals surface area contributed by atoms with Gasteiger partial charge in [0.1, 0.15) is 11.8 Å². The Morgan fingerprint density at radius 1 is 1.33 bits per heavy atom. The van der Waals surface area contributed by atoms with Crippen molar-refractivity contribution in [2.24, 2.45) is 0 Å². The highest BCUT2D eigenvalue weighted by Crippen LogP contribution is 2.31. The second-order valence-electron chi connectivity index (χ2n) is 6.52. The number of benzene rings is 1. The number of nitrogens with zero attached hydrogens (tertiary/aromatic N) is 3. The Morgan fingerprint density at radius 2 is 2.19 bits per heavy atom. The van der Waals surface area contributed by atoms with Gasteiger partial charge in [0.05, 0.1) is 17.2 Å². The maximum Gasteiger partial charge on any atom is 0.258 e. The van der Waals surface area contributed by atoms with Crippen molar-refractivity contribution in [1.29, 1.82) is 5.26 Å². The molecule has 132 valence electrons. The number of carbonyl (C=O) groups excluding carboxylic acids is 1. The van der Waals surface area contributed by atoms with Gasteiger partial charge in [-0.3, -0.25) is 4.79 Å². The molecule has 0 bridgehead atoms. The van der Waals surface area contributed by atoms with Gasteiger partial charge in [0.15, 0.2) is 5.78 Å². The molecule has 0 unspecified atom stereocenters. The molecule has 0 saturated heterocycles. The van der Waals surface area contributed by atoms with Crippen LogP contribution in [0.4, 0.5) is 0 Å². The van der Waals surface area contributed by atoms with Crippen LogP contribution in [-0.4, -0.2) is 22.0 Å². The van der Waals surface area contributed by atoms with Crippen LogP contribution in [0.3, 0.4) is 0 Å². The van der Waals surface area contributed by atoms with E-state index in [0.29, 0.717) is 47.0 Å². The number of hydrogen-bond acceptors (Lipinski definition) is 6. The van der Waals surface area contributed by atoms with E-state index in [2.05, 4.69) is 28.3 Å². The molecule has 6 nitrogen and oxygen atoms in total. The van der Waals surface area contributed by atoms with Crippen LogP contribution in [0.15, 0.2) is 28.8 Å². The van der Waals surface area contributed by atoms with Gasteiger partial charge in [-0.15, -0.1) is 0 Å². The lowest BCUT2D eigenvalue weighted by atomic mass is 10.0. The van der Waals surface area contributed by atoms with Crippen LogP contribution in [0.25, 0.3) is 22.8 Å². The number of ether oxygens (including phenoxy) is 1. The molecule has 6 heteroatoms. The molecule has 2 aromatic carbocycles. The van der Waals surface area contributed by atoms with Gasteiger partial charge in [-0.1, -0.05) is 17.3 Å². The van der Waals surface area contributed by atoms with Crippen molar-refractivity contribution in [2.45, 2.75) is 32.8 Å². The number of hydrogen-bond donors (Lipinski definition) is 0. The van der Waals surface area contributed by atoms with E-state index in [-0.39, 0.29) is 11.9 Å². The minimum absolute atomic E-state index is 0.0334. The third-order valence-corrected chi connectivity index (χ3v) is 4.30. The summed E-state index contributed by atoms with van der Waals surface area (Å²) in [5.41, 5.74) is 3.19. The molecule has 1 aliphatic rings. The fraction of sp³-hybridized carbons (Fsp3) is 0.238. The average Bonchev–Trinajstić information content (AvgIpc) is 3.29. The number of ketones is 1. The third-order valence-electron chi connectivity index (χ3n) is 4.30. The van der Waals surface area contributed by atoms with Crippen LogP contribution in [0, 0.1) is 23.5 Å². The summed E-state index contributed by atoms with van der Waals surface area (Å²) in [4.78, 5) is 16.3. The number of rotatable bonds is 4. The first-order valence-corrected chi connectivity index (χ1v) is 8.60. The fourth-order valence-electron chi connectivity index (χ4n) is 3.10. The Bertz CT molecular complexity index is 1080. The van der Waals surface area contributed by atoms with Crippen LogP contribution >= 0.6 is 0 Å². The summed E-state index contributed by atoms with van der Waals surface area (Å²) >= 11 is 0. The number of aromatic nitrogens is 2. The molecule has 1 heterocycles. The van der Waals surface area contributed by atoms with E-state index >= 15 is 0 Å². The van der Waals surface area contributed by atoms with Crippen LogP contribution in [0.1, 0.15) is 41.8 Å². The standard InChI is InChI=1S/C21H15N3O3/c1-12(2)26-19-9-6-13(10-14(19)11-22)21-23-20(24-27-21)17-5-3-4-16-15(17)7-8-18(16)25/h5-6,9-10,12H,7-8H2,1-2H3. The second-order valence-corrected chi connectivity index (χ2v) is 6.52. The maximum absolute atomic E-state index is 11.9. The monoisotopic (exact) mass is 357 g/mol. The zero-order valence-electron chi connectivity index (χ0n) is 14.9. The summed E-state index contributed by atoms with van der Waals surface area (Å²) in [6, 6.07) is 14.7. The van der Waals surface area contributed by atoms with Crippen LogP contribution in [0.2, 0.25) is 0 Å². The third kappa shape index (κ3) is 3.02. The fourth-order valence-corrected chi connectivity index (χ4v) is 3.10. The molecular formula is C21H15N3O3. The molecule has 1 aliphatic carbocycles. The Morgan fingerprint density at radius 3 is 2.96 bits per heavy atom. The zero-order valence-corrected chi connectivity index (χ0v) is 14.9. The molecule has 0 aliphatic heterocycles. The first kappa shape index (κ1) is 16.8. The molecule has 0 fully saturated rings. The molecule has 0 amide bonds. The van der Waals surface area contributed by atoms with Gasteiger partial charge in [0, 0.05) is 17.5 Å². The van der Waals surface area contributed by atoms with Crippen molar-refractivity contribution in [3.05, 3.63) is 53.1 Å². The summed E-state index contributed by atoms with van der Waals surface area (Å²) < 4.78 is 11.0. The quantitative estimate of drug-likeness (QED) is 0.706. The molecule has 0 radical (unpaired) electrons. The number of Topliss-reactive ketones (excluding diaryl/α,β-unsaturated/α-hetero) is 1. The zero-order chi connectivity index (χ0) is 19.0. The van der Waals surface area contributed by atoms with E-state index in [0.717, 1.165) is 11.1 Å². The van der Waals surface area contributed by atoms with Crippen LogP contribution in [-0.2, 0) is 6.42 Å². The molecule has 0 N–H and O–H groups in total. The summed E-state index contributed by atoms with van der Waals surface area (Å²) in [6.07, 6.45) is 1.07. The molecule has 1 aromatic heterocycles. The van der Waals surface area contributed by atoms with Gasteiger partial charge < -0.3 is 9.26 Å². The van der Waals surface area contributed by atoms with Crippen molar-refractivity contribution < 1.29 is 14.1 Å². The van der Waals surface area contributed by atoms with Gasteiger partial charge in [-0.2, -0.15) is 10.2 Å².